The monoisotopic (exact) mass is 236 g/mol. The highest BCUT2D eigenvalue weighted by Gasteiger charge is 2.09. The minimum atomic E-state index is -0.223. The summed E-state index contributed by atoms with van der Waals surface area (Å²) in [5, 5.41) is 13.5. The van der Waals surface area contributed by atoms with E-state index < -0.39 is 0 Å². The van der Waals surface area contributed by atoms with Crippen LogP contribution >= 0.6 is 0 Å². The number of hydrogen-bond donors (Lipinski definition) is 2. The summed E-state index contributed by atoms with van der Waals surface area (Å²) in [6, 6.07) is 3.42. The van der Waals surface area contributed by atoms with Gasteiger partial charge in [-0.3, -0.25) is 4.79 Å². The molecule has 0 radical (unpaired) electrons. The first-order valence-electron chi connectivity index (χ1n) is 5.72. The average Bonchev–Trinajstić information content (AvgIpc) is 2.27. The number of aromatic nitrogens is 2. The van der Waals surface area contributed by atoms with Gasteiger partial charge in [-0.05, 0) is 24.0 Å². The number of hydrogen-bond acceptors (Lipinski definition) is 4. The van der Waals surface area contributed by atoms with Crippen molar-refractivity contribution in [1.29, 1.82) is 0 Å². The maximum Gasteiger partial charge on any atom is 0.271 e. The van der Waals surface area contributed by atoms with Gasteiger partial charge in [0.1, 0.15) is 5.82 Å². The molecule has 0 aromatic carbocycles. The molecule has 0 saturated carbocycles. The molecule has 1 heterocycles. The van der Waals surface area contributed by atoms with Crippen LogP contribution in [0, 0.1) is 5.41 Å². The Hall–Kier alpha value is -1.65. The van der Waals surface area contributed by atoms with Crippen LogP contribution in [0.3, 0.4) is 0 Å². The van der Waals surface area contributed by atoms with E-state index in [9.17, 15) is 4.79 Å². The summed E-state index contributed by atoms with van der Waals surface area (Å²) in [5.74, 6) is 0.473. The smallest absolute Gasteiger partial charge is 0.271 e. The molecule has 0 saturated heterocycles. The largest absolute Gasteiger partial charge is 0.369 e. The molecule has 1 aromatic heterocycles. The van der Waals surface area contributed by atoms with Gasteiger partial charge in [-0.25, -0.2) is 0 Å². The third kappa shape index (κ3) is 4.80. The summed E-state index contributed by atoms with van der Waals surface area (Å²) in [6.45, 7) is 7.41. The lowest BCUT2D eigenvalue weighted by atomic mass is 9.92. The van der Waals surface area contributed by atoms with Gasteiger partial charge >= 0.3 is 0 Å². The summed E-state index contributed by atoms with van der Waals surface area (Å²) >= 11 is 0. The summed E-state index contributed by atoms with van der Waals surface area (Å²) in [6.07, 6.45) is 1.05. The van der Waals surface area contributed by atoms with E-state index in [-0.39, 0.29) is 5.91 Å². The van der Waals surface area contributed by atoms with Crippen LogP contribution in [-0.2, 0) is 0 Å². The second-order valence-electron chi connectivity index (χ2n) is 5.12. The zero-order valence-corrected chi connectivity index (χ0v) is 10.9. The van der Waals surface area contributed by atoms with Crippen molar-refractivity contribution >= 4 is 11.7 Å². The minimum absolute atomic E-state index is 0.223. The highest BCUT2D eigenvalue weighted by atomic mass is 16.1. The second kappa shape index (κ2) is 5.61. The molecule has 1 aromatic rings. The van der Waals surface area contributed by atoms with Crippen LogP contribution < -0.4 is 10.6 Å². The number of rotatable bonds is 4. The molecule has 2 N–H and O–H groups in total. The molecule has 0 spiro atoms. The fourth-order valence-electron chi connectivity index (χ4n) is 1.24. The molecule has 1 rings (SSSR count). The Morgan fingerprint density at radius 3 is 2.47 bits per heavy atom. The number of amides is 1. The molecule has 0 atom stereocenters. The summed E-state index contributed by atoms with van der Waals surface area (Å²) in [4.78, 5) is 11.2. The summed E-state index contributed by atoms with van der Waals surface area (Å²) in [5.41, 5.74) is 0.622. The van der Waals surface area contributed by atoms with Gasteiger partial charge in [0, 0.05) is 13.6 Å². The normalized spacial score (nSPS) is 11.1. The van der Waals surface area contributed by atoms with Crippen molar-refractivity contribution in [1.82, 2.24) is 15.5 Å². The van der Waals surface area contributed by atoms with E-state index in [1.165, 1.54) is 0 Å². The van der Waals surface area contributed by atoms with Gasteiger partial charge in [-0.2, -0.15) is 0 Å². The molecule has 5 nitrogen and oxygen atoms in total. The second-order valence-corrected chi connectivity index (χ2v) is 5.12. The Balaban J connectivity index is 2.49. The Morgan fingerprint density at radius 2 is 2.00 bits per heavy atom. The van der Waals surface area contributed by atoms with E-state index in [1.54, 1.807) is 19.2 Å². The van der Waals surface area contributed by atoms with E-state index >= 15 is 0 Å². The first-order valence-corrected chi connectivity index (χ1v) is 5.72. The highest BCUT2D eigenvalue weighted by molar-refractivity contribution is 5.91. The van der Waals surface area contributed by atoms with Crippen molar-refractivity contribution in [3.8, 4) is 0 Å². The molecule has 1 amide bonds. The molecule has 94 valence electrons. The standard InChI is InChI=1S/C12H20N4O/c1-12(2,3)7-8-14-10-6-5-9(15-16-10)11(17)13-4/h5-6H,7-8H2,1-4H3,(H,13,17)(H,14,16). The van der Waals surface area contributed by atoms with Crippen LogP contribution in [0.2, 0.25) is 0 Å². The number of nitrogens with zero attached hydrogens (tertiary/aromatic N) is 2. The number of carbonyl (C=O) groups is 1. The van der Waals surface area contributed by atoms with Gasteiger partial charge in [0.15, 0.2) is 5.69 Å². The van der Waals surface area contributed by atoms with Crippen LogP contribution in [0.15, 0.2) is 12.1 Å². The van der Waals surface area contributed by atoms with Gasteiger partial charge in [0.05, 0.1) is 0 Å². The first kappa shape index (κ1) is 13.4. The molecular formula is C12H20N4O. The number of anilines is 1. The molecule has 0 aliphatic heterocycles. The van der Waals surface area contributed by atoms with E-state index in [0.717, 1.165) is 13.0 Å². The predicted molar refractivity (Wildman–Crippen MR) is 68.0 cm³/mol. The molecule has 5 heteroatoms. The fraction of sp³-hybridized carbons (Fsp3) is 0.583. The molecular weight excluding hydrogens is 216 g/mol. The van der Waals surface area contributed by atoms with Gasteiger partial charge < -0.3 is 10.6 Å². The lowest BCUT2D eigenvalue weighted by molar-refractivity contribution is 0.0957. The van der Waals surface area contributed by atoms with Gasteiger partial charge in [0.25, 0.3) is 5.91 Å². The van der Waals surface area contributed by atoms with Crippen molar-refractivity contribution < 1.29 is 4.79 Å². The van der Waals surface area contributed by atoms with Gasteiger partial charge in [0.2, 0.25) is 0 Å². The number of carbonyl (C=O) groups excluding carboxylic acids is 1. The third-order valence-corrected chi connectivity index (χ3v) is 2.31. The Bertz CT molecular complexity index is 367. The SMILES string of the molecule is CNC(=O)c1ccc(NCCC(C)(C)C)nn1. The van der Waals surface area contributed by atoms with Crippen molar-refractivity contribution in [2.75, 3.05) is 18.9 Å². The van der Waals surface area contributed by atoms with E-state index in [1.807, 2.05) is 0 Å². The Labute approximate surface area is 102 Å². The highest BCUT2D eigenvalue weighted by Crippen LogP contribution is 2.17. The van der Waals surface area contributed by atoms with Gasteiger partial charge in [-0.15, -0.1) is 10.2 Å². The molecule has 0 fully saturated rings. The van der Waals surface area contributed by atoms with E-state index in [0.29, 0.717) is 16.9 Å². The van der Waals surface area contributed by atoms with E-state index in [2.05, 4.69) is 41.6 Å². The first-order chi connectivity index (χ1) is 7.92. The zero-order chi connectivity index (χ0) is 12.9. The van der Waals surface area contributed by atoms with Crippen LogP contribution in [0.4, 0.5) is 5.82 Å². The van der Waals surface area contributed by atoms with Crippen molar-refractivity contribution in [2.24, 2.45) is 5.41 Å². The van der Waals surface area contributed by atoms with Crippen LogP contribution in [-0.4, -0.2) is 29.7 Å². The van der Waals surface area contributed by atoms with Crippen LogP contribution in [0.5, 0.6) is 0 Å². The topological polar surface area (TPSA) is 66.9 Å². The Kier molecular flexibility index (Phi) is 4.43. The summed E-state index contributed by atoms with van der Waals surface area (Å²) < 4.78 is 0. The van der Waals surface area contributed by atoms with Crippen LogP contribution in [0.25, 0.3) is 0 Å². The average molecular weight is 236 g/mol. The fourth-order valence-corrected chi connectivity index (χ4v) is 1.24. The zero-order valence-electron chi connectivity index (χ0n) is 10.9. The maximum atomic E-state index is 11.2. The predicted octanol–water partition coefficient (Wildman–Crippen LogP) is 1.68. The van der Waals surface area contributed by atoms with E-state index in [4.69, 9.17) is 0 Å². The lowest BCUT2D eigenvalue weighted by Crippen LogP contribution is -2.20. The van der Waals surface area contributed by atoms with Crippen molar-refractivity contribution in [2.45, 2.75) is 27.2 Å². The van der Waals surface area contributed by atoms with Crippen molar-refractivity contribution in [3.05, 3.63) is 17.8 Å². The lowest BCUT2D eigenvalue weighted by Gasteiger charge is -2.18. The van der Waals surface area contributed by atoms with Gasteiger partial charge in [-0.1, -0.05) is 20.8 Å². The third-order valence-electron chi connectivity index (χ3n) is 2.31. The van der Waals surface area contributed by atoms with Crippen molar-refractivity contribution in [3.63, 3.8) is 0 Å². The molecule has 0 bridgehead atoms. The van der Waals surface area contributed by atoms with Crippen LogP contribution in [0.1, 0.15) is 37.7 Å². The summed E-state index contributed by atoms with van der Waals surface area (Å²) in [7, 11) is 1.57. The minimum Gasteiger partial charge on any atom is -0.369 e. The molecule has 17 heavy (non-hydrogen) atoms. The quantitative estimate of drug-likeness (QED) is 0.834. The molecule has 0 aliphatic rings. The molecule has 0 aliphatic carbocycles. The Morgan fingerprint density at radius 1 is 1.29 bits per heavy atom. The maximum absolute atomic E-state index is 11.2. The molecule has 0 unspecified atom stereocenters. The number of nitrogens with one attached hydrogen (secondary N) is 2.